The Bertz CT molecular complexity index is 772. The Kier molecular flexibility index (Phi) is 7.79. The summed E-state index contributed by atoms with van der Waals surface area (Å²) in [4.78, 5) is 24.4. The largest absolute Gasteiger partial charge is 0.360 e. The number of nitrogens with zero attached hydrogens (tertiary/aromatic N) is 2. The molecule has 0 fully saturated rings. The van der Waals surface area contributed by atoms with Crippen LogP contribution in [-0.4, -0.2) is 33.7 Å². The van der Waals surface area contributed by atoms with Gasteiger partial charge in [-0.1, -0.05) is 50.8 Å². The van der Waals surface area contributed by atoms with Crippen LogP contribution < -0.4 is 10.6 Å². The van der Waals surface area contributed by atoms with Crippen LogP contribution in [0.1, 0.15) is 45.0 Å². The first-order valence-corrected chi connectivity index (χ1v) is 10.6. The van der Waals surface area contributed by atoms with Gasteiger partial charge in [-0.2, -0.15) is 0 Å². The molecule has 0 aliphatic carbocycles. The van der Waals surface area contributed by atoms with E-state index in [2.05, 4.69) is 34.7 Å². The van der Waals surface area contributed by atoms with Crippen LogP contribution in [0.5, 0.6) is 0 Å². The number of thioether (sulfide) groups is 1. The van der Waals surface area contributed by atoms with Crippen molar-refractivity contribution < 1.29 is 9.59 Å². The van der Waals surface area contributed by atoms with Crippen LogP contribution in [0, 0.1) is 11.8 Å². The zero-order chi connectivity index (χ0) is 20.0. The van der Waals surface area contributed by atoms with E-state index < -0.39 is 0 Å². The van der Waals surface area contributed by atoms with Gasteiger partial charge in [0.05, 0.1) is 5.25 Å². The fourth-order valence-electron chi connectivity index (χ4n) is 2.06. The fourth-order valence-corrected chi connectivity index (χ4v) is 4.04. The van der Waals surface area contributed by atoms with E-state index in [0.717, 1.165) is 16.0 Å². The van der Waals surface area contributed by atoms with Crippen LogP contribution >= 0.6 is 23.1 Å². The Morgan fingerprint density at radius 2 is 1.74 bits per heavy atom. The van der Waals surface area contributed by atoms with Crippen molar-refractivity contribution in [3.05, 3.63) is 29.8 Å². The quantitative estimate of drug-likeness (QED) is 0.469. The number of ketones is 1. The van der Waals surface area contributed by atoms with Gasteiger partial charge in [0, 0.05) is 23.7 Å². The minimum atomic E-state index is -0.271. The molecule has 27 heavy (non-hydrogen) atoms. The normalized spacial score (nSPS) is 12.3. The predicted molar refractivity (Wildman–Crippen MR) is 113 cm³/mol. The number of carbonyl (C=O) groups excluding carboxylic acids is 2. The Balaban J connectivity index is 1.93. The van der Waals surface area contributed by atoms with Crippen LogP contribution in [0.15, 0.2) is 28.6 Å². The average Bonchev–Trinajstić information content (AvgIpc) is 3.07. The lowest BCUT2D eigenvalue weighted by atomic mass is 10.1. The highest BCUT2D eigenvalue weighted by atomic mass is 32.2. The standard InChI is InChI=1S/C19H26N4O2S2/c1-11(2)10-20-18-22-23-19(27-18)26-13(5)16(24)14-6-8-15(9-7-14)21-17(25)12(3)4/h6-9,11-13H,10H2,1-5H3,(H,20,22)(H,21,25)/t13-/m0/s1. The molecule has 1 atom stereocenters. The number of carbonyl (C=O) groups is 2. The van der Waals surface area contributed by atoms with Crippen LogP contribution in [-0.2, 0) is 4.79 Å². The monoisotopic (exact) mass is 406 g/mol. The van der Waals surface area contributed by atoms with Crippen molar-refractivity contribution in [3.8, 4) is 0 Å². The first-order chi connectivity index (χ1) is 12.8. The molecule has 0 saturated heterocycles. The van der Waals surface area contributed by atoms with Crippen LogP contribution in [0.3, 0.4) is 0 Å². The van der Waals surface area contributed by atoms with E-state index in [1.165, 1.54) is 23.1 Å². The van der Waals surface area contributed by atoms with E-state index in [0.29, 0.717) is 17.2 Å². The second-order valence-electron chi connectivity index (χ2n) is 6.99. The summed E-state index contributed by atoms with van der Waals surface area (Å²) in [6.07, 6.45) is 0. The third kappa shape index (κ3) is 6.62. The summed E-state index contributed by atoms with van der Waals surface area (Å²) < 4.78 is 0.767. The Labute approximate surface area is 168 Å². The summed E-state index contributed by atoms with van der Waals surface area (Å²) in [7, 11) is 0. The number of hydrogen-bond acceptors (Lipinski definition) is 7. The van der Waals surface area contributed by atoms with Crippen LogP contribution in [0.25, 0.3) is 0 Å². The first-order valence-electron chi connectivity index (χ1n) is 8.95. The lowest BCUT2D eigenvalue weighted by molar-refractivity contribution is -0.118. The summed E-state index contributed by atoms with van der Waals surface area (Å²) in [5, 5.41) is 14.8. The van der Waals surface area contributed by atoms with Crippen molar-refractivity contribution in [1.29, 1.82) is 0 Å². The number of amides is 1. The Hall–Kier alpha value is -1.93. The van der Waals surface area contributed by atoms with Crippen molar-refractivity contribution in [2.75, 3.05) is 17.2 Å². The average molecular weight is 407 g/mol. The third-order valence-electron chi connectivity index (χ3n) is 3.68. The van der Waals surface area contributed by atoms with E-state index in [9.17, 15) is 9.59 Å². The van der Waals surface area contributed by atoms with Crippen LogP contribution in [0.2, 0.25) is 0 Å². The smallest absolute Gasteiger partial charge is 0.226 e. The summed E-state index contributed by atoms with van der Waals surface area (Å²) >= 11 is 2.86. The molecule has 0 radical (unpaired) electrons. The van der Waals surface area contributed by atoms with Gasteiger partial charge in [0.1, 0.15) is 0 Å². The van der Waals surface area contributed by atoms with Gasteiger partial charge in [-0.3, -0.25) is 9.59 Å². The first kappa shape index (κ1) is 21.4. The molecule has 1 aromatic heterocycles. The van der Waals surface area contributed by atoms with Gasteiger partial charge in [0.15, 0.2) is 10.1 Å². The maximum absolute atomic E-state index is 12.6. The number of nitrogens with one attached hydrogen (secondary N) is 2. The van der Waals surface area contributed by atoms with Crippen molar-refractivity contribution in [1.82, 2.24) is 10.2 Å². The van der Waals surface area contributed by atoms with Crippen molar-refractivity contribution in [3.63, 3.8) is 0 Å². The maximum Gasteiger partial charge on any atom is 0.226 e. The molecule has 0 saturated carbocycles. The van der Waals surface area contributed by atoms with E-state index in [1.54, 1.807) is 24.3 Å². The Morgan fingerprint density at radius 3 is 2.33 bits per heavy atom. The van der Waals surface area contributed by atoms with Crippen molar-refractivity contribution >= 4 is 45.6 Å². The van der Waals surface area contributed by atoms with Gasteiger partial charge < -0.3 is 10.6 Å². The molecule has 0 spiro atoms. The molecular formula is C19H26N4O2S2. The summed E-state index contributed by atoms with van der Waals surface area (Å²) in [6, 6.07) is 6.99. The van der Waals surface area contributed by atoms with Gasteiger partial charge in [0.25, 0.3) is 0 Å². The lowest BCUT2D eigenvalue weighted by Gasteiger charge is -2.10. The summed E-state index contributed by atoms with van der Waals surface area (Å²) in [6.45, 7) is 10.6. The van der Waals surface area contributed by atoms with Crippen molar-refractivity contribution in [2.45, 2.75) is 44.2 Å². The molecule has 0 bridgehead atoms. The minimum Gasteiger partial charge on any atom is -0.360 e. The molecule has 2 N–H and O–H groups in total. The van der Waals surface area contributed by atoms with E-state index >= 15 is 0 Å². The summed E-state index contributed by atoms with van der Waals surface area (Å²) in [5.74, 6) is 0.415. The number of hydrogen-bond donors (Lipinski definition) is 2. The third-order valence-corrected chi connectivity index (χ3v) is 5.74. The highest BCUT2D eigenvalue weighted by molar-refractivity contribution is 8.02. The van der Waals surface area contributed by atoms with E-state index in [-0.39, 0.29) is 22.9 Å². The Morgan fingerprint density at radius 1 is 1.07 bits per heavy atom. The molecule has 1 amide bonds. The second kappa shape index (κ2) is 9.85. The highest BCUT2D eigenvalue weighted by Crippen LogP contribution is 2.30. The zero-order valence-corrected chi connectivity index (χ0v) is 17.9. The SMILES string of the molecule is CC(C)CNc1nnc(S[C@@H](C)C(=O)c2ccc(NC(=O)C(C)C)cc2)s1. The number of Topliss-reactive ketones (excluding diaryl/α,β-unsaturated/α-hetero) is 1. The molecule has 146 valence electrons. The fraction of sp³-hybridized carbons (Fsp3) is 0.474. The number of benzene rings is 1. The molecule has 8 heteroatoms. The summed E-state index contributed by atoms with van der Waals surface area (Å²) in [5.41, 5.74) is 1.30. The predicted octanol–water partition coefficient (Wildman–Crippen LogP) is 4.56. The van der Waals surface area contributed by atoms with E-state index in [4.69, 9.17) is 0 Å². The lowest BCUT2D eigenvalue weighted by Crippen LogP contribution is -2.18. The molecule has 1 heterocycles. The molecule has 2 aromatic rings. The second-order valence-corrected chi connectivity index (χ2v) is 9.56. The topological polar surface area (TPSA) is 84.0 Å². The number of aromatic nitrogens is 2. The molecule has 0 aliphatic rings. The zero-order valence-electron chi connectivity index (χ0n) is 16.3. The molecule has 0 unspecified atom stereocenters. The van der Waals surface area contributed by atoms with Gasteiger partial charge in [-0.05, 0) is 37.1 Å². The minimum absolute atomic E-state index is 0.0219. The molecule has 1 aromatic carbocycles. The van der Waals surface area contributed by atoms with Gasteiger partial charge in [-0.25, -0.2) is 0 Å². The number of anilines is 2. The van der Waals surface area contributed by atoms with Gasteiger partial charge >= 0.3 is 0 Å². The van der Waals surface area contributed by atoms with Crippen molar-refractivity contribution in [2.24, 2.45) is 11.8 Å². The number of rotatable bonds is 9. The molecule has 6 nitrogen and oxygen atoms in total. The maximum atomic E-state index is 12.6. The molecule has 0 aliphatic heterocycles. The van der Waals surface area contributed by atoms with Gasteiger partial charge in [0.2, 0.25) is 11.0 Å². The highest BCUT2D eigenvalue weighted by Gasteiger charge is 2.19. The van der Waals surface area contributed by atoms with Crippen LogP contribution in [0.4, 0.5) is 10.8 Å². The van der Waals surface area contributed by atoms with Gasteiger partial charge in [-0.15, -0.1) is 10.2 Å². The molecule has 2 rings (SSSR count). The molecular weight excluding hydrogens is 380 g/mol. The van der Waals surface area contributed by atoms with E-state index in [1.807, 2.05) is 20.8 Å².